The van der Waals surface area contributed by atoms with E-state index in [1.165, 1.54) is 96.3 Å². The first-order valence-electron chi connectivity index (χ1n) is 25.8. The van der Waals surface area contributed by atoms with Gasteiger partial charge in [-0.3, -0.25) is 9.59 Å². The van der Waals surface area contributed by atoms with Crippen LogP contribution in [0.5, 0.6) is 0 Å². The molecular weight excluding hydrogens is 765 g/mol. The van der Waals surface area contributed by atoms with Crippen LogP contribution in [0.2, 0.25) is 0 Å². The smallest absolute Gasteiger partial charge is 0.306 e. The third-order valence-electron chi connectivity index (χ3n) is 10.6. The summed E-state index contributed by atoms with van der Waals surface area (Å²) in [5, 5.41) is 0. The van der Waals surface area contributed by atoms with Gasteiger partial charge >= 0.3 is 11.9 Å². The molecular formula is C57H96O5. The molecule has 0 spiro atoms. The predicted molar refractivity (Wildman–Crippen MR) is 270 cm³/mol. The van der Waals surface area contributed by atoms with Crippen molar-refractivity contribution < 1.29 is 23.8 Å². The molecule has 0 heterocycles. The maximum absolute atomic E-state index is 12.8. The maximum atomic E-state index is 12.8. The van der Waals surface area contributed by atoms with Crippen molar-refractivity contribution in [3.63, 3.8) is 0 Å². The molecule has 0 saturated heterocycles. The van der Waals surface area contributed by atoms with Crippen LogP contribution in [-0.4, -0.2) is 37.9 Å². The predicted octanol–water partition coefficient (Wildman–Crippen LogP) is 17.5. The Hall–Kier alpha value is -3.18. The van der Waals surface area contributed by atoms with Crippen molar-refractivity contribution in [2.24, 2.45) is 0 Å². The zero-order valence-electron chi connectivity index (χ0n) is 40.6. The summed E-state index contributed by atoms with van der Waals surface area (Å²) >= 11 is 0. The van der Waals surface area contributed by atoms with Crippen molar-refractivity contribution in [3.05, 3.63) is 97.2 Å². The van der Waals surface area contributed by atoms with Crippen LogP contribution in [0.25, 0.3) is 0 Å². The lowest BCUT2D eigenvalue weighted by Gasteiger charge is -2.18. The molecule has 0 rings (SSSR count). The summed E-state index contributed by atoms with van der Waals surface area (Å²) < 4.78 is 17.3. The standard InChI is InChI=1S/C57H96O5/c1-4-7-10-13-16-19-22-25-28-29-31-32-35-38-41-44-47-50-56(58)61-54-55(53-60-52-49-46-43-40-37-34-27-24-21-18-15-12-9-6-3)62-57(59)51-48-45-42-39-36-33-30-26-23-20-17-14-11-8-5-2/h9,12,16-21,25-28,30,34,40,43,55H,4-8,10-11,13-15,22-24,29,31-33,35-39,41-42,44-54H2,1-3H3/b12-9-,19-16-,20-17-,21-18-,28-25-,30-26-,34-27-,43-40-. The molecule has 0 amide bonds. The molecule has 0 bridgehead atoms. The van der Waals surface area contributed by atoms with Gasteiger partial charge in [-0.15, -0.1) is 0 Å². The number of hydrogen-bond acceptors (Lipinski definition) is 5. The first kappa shape index (κ1) is 58.8. The van der Waals surface area contributed by atoms with Crippen LogP contribution in [-0.2, 0) is 23.8 Å². The number of allylic oxidation sites excluding steroid dienone is 16. The average Bonchev–Trinajstić information content (AvgIpc) is 3.27. The highest BCUT2D eigenvalue weighted by molar-refractivity contribution is 5.70. The molecule has 62 heavy (non-hydrogen) atoms. The van der Waals surface area contributed by atoms with Crippen molar-refractivity contribution in [2.75, 3.05) is 19.8 Å². The minimum atomic E-state index is -0.580. The van der Waals surface area contributed by atoms with E-state index in [2.05, 4.69) is 118 Å². The SMILES string of the molecule is CC/C=C\C/C=C\C/C=C\C/C=C\CCCOCC(COC(=O)CCCCCCCCC/C=C\C/C=C\CCCCC)OC(=O)CCCCCCC/C=C\C/C=C\CCCCC. The van der Waals surface area contributed by atoms with Gasteiger partial charge in [0.1, 0.15) is 6.61 Å². The van der Waals surface area contributed by atoms with Crippen molar-refractivity contribution in [1.82, 2.24) is 0 Å². The molecule has 0 fully saturated rings. The highest BCUT2D eigenvalue weighted by Gasteiger charge is 2.17. The van der Waals surface area contributed by atoms with Crippen molar-refractivity contribution in [3.8, 4) is 0 Å². The minimum Gasteiger partial charge on any atom is -0.462 e. The average molecular weight is 861 g/mol. The molecule has 0 aromatic heterocycles. The third kappa shape index (κ3) is 49.5. The van der Waals surface area contributed by atoms with Gasteiger partial charge in [-0.1, -0.05) is 195 Å². The summed E-state index contributed by atoms with van der Waals surface area (Å²) in [5.74, 6) is -0.455. The normalized spacial score (nSPS) is 13.0. The van der Waals surface area contributed by atoms with Crippen LogP contribution in [0.4, 0.5) is 0 Å². The van der Waals surface area contributed by atoms with Crippen molar-refractivity contribution in [2.45, 2.75) is 232 Å². The molecule has 0 N–H and O–H groups in total. The lowest BCUT2D eigenvalue weighted by atomic mass is 10.1. The number of esters is 2. The quantitative estimate of drug-likeness (QED) is 0.0347. The van der Waals surface area contributed by atoms with Gasteiger partial charge in [-0.05, 0) is 116 Å². The van der Waals surface area contributed by atoms with Gasteiger partial charge in [-0.25, -0.2) is 0 Å². The van der Waals surface area contributed by atoms with E-state index in [1.54, 1.807) is 0 Å². The Morgan fingerprint density at radius 3 is 1.16 bits per heavy atom. The fourth-order valence-electron chi connectivity index (χ4n) is 6.75. The molecule has 1 atom stereocenters. The van der Waals surface area contributed by atoms with Gasteiger partial charge < -0.3 is 14.2 Å². The molecule has 5 heteroatoms. The van der Waals surface area contributed by atoms with Crippen LogP contribution in [0.15, 0.2) is 97.2 Å². The fraction of sp³-hybridized carbons (Fsp3) is 0.684. The largest absolute Gasteiger partial charge is 0.462 e. The number of ether oxygens (including phenoxy) is 3. The zero-order chi connectivity index (χ0) is 44.9. The second-order valence-electron chi connectivity index (χ2n) is 16.7. The number of rotatable bonds is 46. The highest BCUT2D eigenvalue weighted by atomic mass is 16.6. The van der Waals surface area contributed by atoms with E-state index in [1.807, 2.05) is 0 Å². The minimum absolute atomic E-state index is 0.0489. The molecule has 5 nitrogen and oxygen atoms in total. The van der Waals surface area contributed by atoms with Crippen LogP contribution >= 0.6 is 0 Å². The van der Waals surface area contributed by atoms with Crippen LogP contribution in [0.1, 0.15) is 226 Å². The van der Waals surface area contributed by atoms with Gasteiger partial charge in [0, 0.05) is 19.4 Å². The Morgan fingerprint density at radius 2 is 0.726 bits per heavy atom. The second-order valence-corrected chi connectivity index (χ2v) is 16.7. The molecule has 354 valence electrons. The van der Waals surface area contributed by atoms with E-state index in [4.69, 9.17) is 14.2 Å². The molecule has 0 saturated carbocycles. The summed E-state index contributed by atoms with van der Waals surface area (Å²) in [6, 6.07) is 0. The molecule has 0 radical (unpaired) electrons. The molecule has 0 aliphatic heterocycles. The monoisotopic (exact) mass is 861 g/mol. The summed E-state index contributed by atoms with van der Waals surface area (Å²) in [7, 11) is 0. The second kappa shape index (κ2) is 52.2. The number of carbonyl (C=O) groups is 2. The van der Waals surface area contributed by atoms with E-state index in [0.29, 0.717) is 19.4 Å². The molecule has 0 aliphatic carbocycles. The highest BCUT2D eigenvalue weighted by Crippen LogP contribution is 2.13. The van der Waals surface area contributed by atoms with E-state index in [0.717, 1.165) is 96.3 Å². The fourth-order valence-corrected chi connectivity index (χ4v) is 6.75. The topological polar surface area (TPSA) is 61.8 Å². The summed E-state index contributed by atoms with van der Waals surface area (Å²) in [6.07, 6.45) is 69.9. The zero-order valence-corrected chi connectivity index (χ0v) is 40.6. The van der Waals surface area contributed by atoms with Gasteiger partial charge in [0.2, 0.25) is 0 Å². The molecule has 0 aliphatic rings. The van der Waals surface area contributed by atoms with E-state index in [9.17, 15) is 9.59 Å². The van der Waals surface area contributed by atoms with Crippen LogP contribution in [0.3, 0.4) is 0 Å². The first-order valence-corrected chi connectivity index (χ1v) is 25.8. The summed E-state index contributed by atoms with van der Waals surface area (Å²) in [4.78, 5) is 25.4. The van der Waals surface area contributed by atoms with E-state index < -0.39 is 6.10 Å². The Bertz CT molecular complexity index is 1200. The Kier molecular flexibility index (Phi) is 49.5. The lowest BCUT2D eigenvalue weighted by Crippen LogP contribution is -2.30. The molecule has 1 unspecified atom stereocenters. The van der Waals surface area contributed by atoms with Crippen LogP contribution in [0, 0.1) is 0 Å². The van der Waals surface area contributed by atoms with E-state index in [-0.39, 0.29) is 25.2 Å². The van der Waals surface area contributed by atoms with Crippen molar-refractivity contribution in [1.29, 1.82) is 0 Å². The number of unbranched alkanes of at least 4 members (excludes halogenated alkanes) is 19. The molecule has 0 aromatic rings. The van der Waals surface area contributed by atoms with E-state index >= 15 is 0 Å². The van der Waals surface area contributed by atoms with Crippen molar-refractivity contribution >= 4 is 11.9 Å². The third-order valence-corrected chi connectivity index (χ3v) is 10.6. The van der Waals surface area contributed by atoms with Gasteiger partial charge in [0.25, 0.3) is 0 Å². The summed E-state index contributed by atoms with van der Waals surface area (Å²) in [6.45, 7) is 7.50. The maximum Gasteiger partial charge on any atom is 0.306 e. The Labute approximate surface area is 383 Å². The van der Waals surface area contributed by atoms with Crippen LogP contribution < -0.4 is 0 Å². The van der Waals surface area contributed by atoms with Gasteiger partial charge in [0.15, 0.2) is 6.10 Å². The summed E-state index contributed by atoms with van der Waals surface area (Å²) in [5.41, 5.74) is 0. The number of carbonyl (C=O) groups excluding carboxylic acids is 2. The van der Waals surface area contributed by atoms with Gasteiger partial charge in [-0.2, -0.15) is 0 Å². The Balaban J connectivity index is 4.39. The first-order chi connectivity index (χ1) is 30.6. The lowest BCUT2D eigenvalue weighted by molar-refractivity contribution is -0.163. The van der Waals surface area contributed by atoms with Gasteiger partial charge in [0.05, 0.1) is 6.61 Å². The molecule has 0 aromatic carbocycles. The number of hydrogen-bond donors (Lipinski definition) is 0. The Morgan fingerprint density at radius 1 is 0.371 bits per heavy atom.